The van der Waals surface area contributed by atoms with E-state index in [0.29, 0.717) is 0 Å². The van der Waals surface area contributed by atoms with Gasteiger partial charge in [0.25, 0.3) is 0 Å². The van der Waals surface area contributed by atoms with Crippen molar-refractivity contribution in [2.45, 2.75) is 52.5 Å². The van der Waals surface area contributed by atoms with Crippen molar-refractivity contribution in [3.05, 3.63) is 0 Å². The summed E-state index contributed by atoms with van der Waals surface area (Å²) in [6.45, 7) is 10.4. The number of hydrogen-bond donors (Lipinski definition) is 1. The van der Waals surface area contributed by atoms with Crippen molar-refractivity contribution < 1.29 is 0 Å². The molecule has 1 heterocycles. The first kappa shape index (κ1) is 13.0. The van der Waals surface area contributed by atoms with Crippen LogP contribution in [-0.4, -0.2) is 30.6 Å². The van der Waals surface area contributed by atoms with Gasteiger partial charge in [-0.3, -0.25) is 0 Å². The van der Waals surface area contributed by atoms with Crippen LogP contribution < -0.4 is 5.73 Å². The summed E-state index contributed by atoms with van der Waals surface area (Å²) in [5.74, 6) is 1.59. The van der Waals surface area contributed by atoms with Crippen LogP contribution in [0.5, 0.6) is 0 Å². The van der Waals surface area contributed by atoms with E-state index in [0.717, 1.165) is 24.4 Å². The zero-order valence-electron chi connectivity index (χ0n) is 10.7. The summed E-state index contributed by atoms with van der Waals surface area (Å²) in [5, 5.41) is 0. The van der Waals surface area contributed by atoms with Gasteiger partial charge in [-0.05, 0) is 44.6 Å². The molecule has 0 aromatic rings. The number of nitrogens with two attached hydrogens (primary N) is 1. The minimum atomic E-state index is 0.745. The molecule has 0 radical (unpaired) electrons. The van der Waals surface area contributed by atoms with E-state index in [1.165, 1.54) is 38.8 Å². The van der Waals surface area contributed by atoms with E-state index < -0.39 is 0 Å². The van der Waals surface area contributed by atoms with Crippen molar-refractivity contribution in [1.82, 2.24) is 4.90 Å². The third-order valence-corrected chi connectivity index (χ3v) is 3.77. The van der Waals surface area contributed by atoms with Gasteiger partial charge in [0.05, 0.1) is 0 Å². The molecule has 0 bridgehead atoms. The van der Waals surface area contributed by atoms with Gasteiger partial charge >= 0.3 is 0 Å². The summed E-state index contributed by atoms with van der Waals surface area (Å²) in [4.78, 5) is 2.65. The van der Waals surface area contributed by atoms with Crippen LogP contribution in [0.4, 0.5) is 0 Å². The Morgan fingerprint density at radius 2 is 2.13 bits per heavy atom. The predicted octanol–water partition coefficient (Wildman–Crippen LogP) is 2.48. The van der Waals surface area contributed by atoms with Gasteiger partial charge in [-0.2, -0.15) is 0 Å². The molecule has 2 N–H and O–H groups in total. The van der Waals surface area contributed by atoms with Crippen molar-refractivity contribution in [3.8, 4) is 0 Å². The lowest BCUT2D eigenvalue weighted by atomic mass is 9.92. The van der Waals surface area contributed by atoms with Crippen molar-refractivity contribution >= 4 is 0 Å². The standard InChI is InChI=1S/C13H28N2/c1-4-5-11(2)9-15-10-13(8-14)7-6-12(15)3/h11-13H,4-10,14H2,1-3H3. The highest BCUT2D eigenvalue weighted by atomic mass is 15.2. The molecule has 90 valence electrons. The molecular formula is C13H28N2. The minimum absolute atomic E-state index is 0.745. The van der Waals surface area contributed by atoms with Crippen molar-refractivity contribution in [2.75, 3.05) is 19.6 Å². The highest BCUT2D eigenvalue weighted by Gasteiger charge is 2.25. The van der Waals surface area contributed by atoms with Crippen LogP contribution in [0.25, 0.3) is 0 Å². The minimum Gasteiger partial charge on any atom is -0.330 e. The monoisotopic (exact) mass is 212 g/mol. The first-order valence-electron chi connectivity index (χ1n) is 6.61. The van der Waals surface area contributed by atoms with Crippen LogP contribution in [0.1, 0.15) is 46.5 Å². The zero-order valence-corrected chi connectivity index (χ0v) is 10.7. The molecule has 3 atom stereocenters. The summed E-state index contributed by atoms with van der Waals surface area (Å²) in [7, 11) is 0. The Hall–Kier alpha value is -0.0800. The van der Waals surface area contributed by atoms with Gasteiger partial charge in [0.15, 0.2) is 0 Å². The van der Waals surface area contributed by atoms with Gasteiger partial charge in [-0.1, -0.05) is 20.3 Å². The highest BCUT2D eigenvalue weighted by Crippen LogP contribution is 2.22. The molecule has 1 aliphatic heterocycles. The highest BCUT2D eigenvalue weighted by molar-refractivity contribution is 4.80. The fourth-order valence-electron chi connectivity index (χ4n) is 2.69. The van der Waals surface area contributed by atoms with E-state index in [1.54, 1.807) is 0 Å². The summed E-state index contributed by atoms with van der Waals surface area (Å²) in [6.07, 6.45) is 5.33. The second kappa shape index (κ2) is 6.49. The average molecular weight is 212 g/mol. The van der Waals surface area contributed by atoms with Gasteiger partial charge in [0, 0.05) is 19.1 Å². The Morgan fingerprint density at radius 3 is 2.73 bits per heavy atom. The van der Waals surface area contributed by atoms with Crippen LogP contribution >= 0.6 is 0 Å². The Morgan fingerprint density at radius 1 is 1.40 bits per heavy atom. The zero-order chi connectivity index (χ0) is 11.3. The lowest BCUT2D eigenvalue weighted by Crippen LogP contribution is -2.45. The number of likely N-dealkylation sites (tertiary alicyclic amines) is 1. The molecule has 15 heavy (non-hydrogen) atoms. The molecular weight excluding hydrogens is 184 g/mol. The number of nitrogens with zero attached hydrogens (tertiary/aromatic N) is 1. The first-order chi connectivity index (χ1) is 7.17. The van der Waals surface area contributed by atoms with E-state index in [-0.39, 0.29) is 0 Å². The van der Waals surface area contributed by atoms with Gasteiger partial charge in [0.1, 0.15) is 0 Å². The third-order valence-electron chi connectivity index (χ3n) is 3.77. The first-order valence-corrected chi connectivity index (χ1v) is 6.61. The van der Waals surface area contributed by atoms with E-state index >= 15 is 0 Å². The average Bonchev–Trinajstić information content (AvgIpc) is 2.21. The molecule has 0 spiro atoms. The van der Waals surface area contributed by atoms with Gasteiger partial charge in [-0.25, -0.2) is 0 Å². The quantitative estimate of drug-likeness (QED) is 0.758. The Labute approximate surface area is 95.2 Å². The van der Waals surface area contributed by atoms with Crippen LogP contribution in [0.2, 0.25) is 0 Å². The summed E-state index contributed by atoms with van der Waals surface area (Å²) in [5.41, 5.74) is 5.77. The maximum absolute atomic E-state index is 5.77. The van der Waals surface area contributed by atoms with Crippen LogP contribution in [0.3, 0.4) is 0 Å². The maximum atomic E-state index is 5.77. The Kier molecular flexibility index (Phi) is 5.62. The van der Waals surface area contributed by atoms with Crippen LogP contribution in [0, 0.1) is 11.8 Å². The lowest BCUT2D eigenvalue weighted by Gasteiger charge is -2.39. The molecule has 1 aliphatic rings. The second-order valence-electron chi connectivity index (χ2n) is 5.38. The normalized spacial score (nSPS) is 30.4. The van der Waals surface area contributed by atoms with E-state index in [4.69, 9.17) is 5.73 Å². The van der Waals surface area contributed by atoms with Crippen molar-refractivity contribution in [3.63, 3.8) is 0 Å². The summed E-state index contributed by atoms with van der Waals surface area (Å²) in [6, 6.07) is 0.770. The Balaban J connectivity index is 2.36. The lowest BCUT2D eigenvalue weighted by molar-refractivity contribution is 0.103. The predicted molar refractivity (Wildman–Crippen MR) is 66.9 cm³/mol. The molecule has 2 nitrogen and oxygen atoms in total. The number of hydrogen-bond acceptors (Lipinski definition) is 2. The van der Waals surface area contributed by atoms with Crippen molar-refractivity contribution in [2.24, 2.45) is 17.6 Å². The molecule has 1 saturated heterocycles. The van der Waals surface area contributed by atoms with Gasteiger partial charge < -0.3 is 10.6 Å². The molecule has 3 unspecified atom stereocenters. The van der Waals surface area contributed by atoms with Gasteiger partial charge in [0.2, 0.25) is 0 Å². The van der Waals surface area contributed by atoms with E-state index in [9.17, 15) is 0 Å². The van der Waals surface area contributed by atoms with E-state index in [2.05, 4.69) is 25.7 Å². The molecule has 1 fully saturated rings. The molecule has 2 heteroatoms. The van der Waals surface area contributed by atoms with E-state index in [1.807, 2.05) is 0 Å². The fraction of sp³-hybridized carbons (Fsp3) is 1.00. The smallest absolute Gasteiger partial charge is 0.00672 e. The van der Waals surface area contributed by atoms with Crippen LogP contribution in [-0.2, 0) is 0 Å². The maximum Gasteiger partial charge on any atom is 0.00672 e. The molecule has 0 aliphatic carbocycles. The summed E-state index contributed by atoms with van der Waals surface area (Å²) >= 11 is 0. The van der Waals surface area contributed by atoms with Crippen molar-refractivity contribution in [1.29, 1.82) is 0 Å². The second-order valence-corrected chi connectivity index (χ2v) is 5.38. The number of piperidine rings is 1. The third kappa shape index (κ3) is 4.12. The largest absolute Gasteiger partial charge is 0.330 e. The molecule has 0 saturated carbocycles. The molecule has 0 aromatic carbocycles. The summed E-state index contributed by atoms with van der Waals surface area (Å²) < 4.78 is 0. The van der Waals surface area contributed by atoms with Crippen LogP contribution in [0.15, 0.2) is 0 Å². The number of rotatable bonds is 5. The topological polar surface area (TPSA) is 29.3 Å². The SMILES string of the molecule is CCCC(C)CN1CC(CN)CCC1C. The molecule has 0 amide bonds. The van der Waals surface area contributed by atoms with Gasteiger partial charge in [-0.15, -0.1) is 0 Å². The molecule has 1 rings (SSSR count). The fourth-order valence-corrected chi connectivity index (χ4v) is 2.69. The Bertz CT molecular complexity index is 170. The molecule has 0 aromatic heterocycles.